The van der Waals surface area contributed by atoms with Crippen molar-refractivity contribution in [1.29, 1.82) is 0 Å². The minimum absolute atomic E-state index is 0.0635. The summed E-state index contributed by atoms with van der Waals surface area (Å²) in [4.78, 5) is 37.6. The van der Waals surface area contributed by atoms with Crippen LogP contribution < -0.4 is 0 Å². The molecule has 6 heteroatoms. The van der Waals surface area contributed by atoms with Crippen LogP contribution in [0.3, 0.4) is 0 Å². The van der Waals surface area contributed by atoms with Crippen LogP contribution in [-0.2, 0) is 28.6 Å². The highest BCUT2D eigenvalue weighted by atomic mass is 16.6. The summed E-state index contributed by atoms with van der Waals surface area (Å²) >= 11 is 0. The van der Waals surface area contributed by atoms with Crippen LogP contribution in [0.25, 0.3) is 0 Å². The third-order valence-electron chi connectivity index (χ3n) is 13.6. The lowest BCUT2D eigenvalue weighted by atomic mass is 10.0. The molecule has 0 radical (unpaired) electrons. The van der Waals surface area contributed by atoms with Gasteiger partial charge in [0.2, 0.25) is 0 Å². The Balaban J connectivity index is 3.75. The predicted molar refractivity (Wildman–Crippen MR) is 280 cm³/mol. The SMILES string of the molecule is CCCCCCCCCCCCCCCCCCCCCCCCCCCCCCCCCCCC(=O)OCC(COC(=O)CCCCCCCC)OC(=O)CCCCCCCCCC. The fourth-order valence-electron chi connectivity index (χ4n) is 9.15. The van der Waals surface area contributed by atoms with Crippen LogP contribution in [0.1, 0.15) is 342 Å². The van der Waals surface area contributed by atoms with Crippen molar-refractivity contribution in [3.63, 3.8) is 0 Å². The highest BCUT2D eigenvalue weighted by Gasteiger charge is 2.19. The molecule has 1 atom stereocenters. The van der Waals surface area contributed by atoms with Crippen molar-refractivity contribution in [1.82, 2.24) is 0 Å². The van der Waals surface area contributed by atoms with E-state index >= 15 is 0 Å². The number of esters is 3. The molecule has 0 saturated heterocycles. The molecule has 0 rings (SSSR count). The molecule has 0 aromatic rings. The molecule has 0 saturated carbocycles. The number of hydrogen-bond acceptors (Lipinski definition) is 6. The number of rotatable bonds is 55. The van der Waals surface area contributed by atoms with Crippen LogP contribution in [0.5, 0.6) is 0 Å². The third kappa shape index (κ3) is 53.2. The fourth-order valence-corrected chi connectivity index (χ4v) is 9.15. The lowest BCUT2D eigenvalue weighted by molar-refractivity contribution is -0.167. The topological polar surface area (TPSA) is 78.9 Å². The third-order valence-corrected chi connectivity index (χ3v) is 13.6. The summed E-state index contributed by atoms with van der Waals surface area (Å²) in [6.07, 6.45) is 61.9. The number of carbonyl (C=O) groups excluding carboxylic acids is 3. The summed E-state index contributed by atoms with van der Waals surface area (Å²) in [5.41, 5.74) is 0. The van der Waals surface area contributed by atoms with Gasteiger partial charge in [0.15, 0.2) is 6.10 Å². The standard InChI is InChI=1S/C59H114O6/c1-4-7-10-13-16-18-19-20-21-22-23-24-25-26-27-28-29-30-31-32-33-34-35-36-37-38-39-40-41-42-44-46-49-52-58(61)64-55-56(54-63-57(60)51-48-45-15-12-9-6-3)65-59(62)53-50-47-43-17-14-11-8-5-2/h56H,4-55H2,1-3H3. The van der Waals surface area contributed by atoms with E-state index in [1.807, 2.05) is 0 Å². The zero-order chi connectivity index (χ0) is 47.2. The second-order valence-electron chi connectivity index (χ2n) is 20.3. The summed E-state index contributed by atoms with van der Waals surface area (Å²) in [6.45, 7) is 6.59. The molecule has 0 amide bonds. The molecule has 0 aromatic carbocycles. The summed E-state index contributed by atoms with van der Waals surface area (Å²) in [6, 6.07) is 0. The van der Waals surface area contributed by atoms with Gasteiger partial charge in [-0.05, 0) is 19.3 Å². The minimum Gasteiger partial charge on any atom is -0.462 e. The second-order valence-corrected chi connectivity index (χ2v) is 20.3. The van der Waals surface area contributed by atoms with Gasteiger partial charge in [-0.1, -0.05) is 303 Å². The van der Waals surface area contributed by atoms with Gasteiger partial charge in [-0.15, -0.1) is 0 Å². The minimum atomic E-state index is -0.757. The first kappa shape index (κ1) is 63.4. The van der Waals surface area contributed by atoms with Gasteiger partial charge in [-0.3, -0.25) is 14.4 Å². The molecule has 386 valence electrons. The summed E-state index contributed by atoms with van der Waals surface area (Å²) in [5.74, 6) is -0.860. The van der Waals surface area contributed by atoms with Crippen molar-refractivity contribution < 1.29 is 28.6 Å². The summed E-state index contributed by atoms with van der Waals surface area (Å²) < 4.78 is 16.7. The highest BCUT2D eigenvalue weighted by molar-refractivity contribution is 5.71. The van der Waals surface area contributed by atoms with Gasteiger partial charge in [-0.2, -0.15) is 0 Å². The molecule has 6 nitrogen and oxygen atoms in total. The molecule has 65 heavy (non-hydrogen) atoms. The quantitative estimate of drug-likeness (QED) is 0.0344. The Morgan fingerprint density at radius 2 is 0.415 bits per heavy atom. The number of carbonyl (C=O) groups is 3. The maximum absolute atomic E-state index is 12.6. The average molecular weight is 920 g/mol. The first-order valence-electron chi connectivity index (χ1n) is 29.5. The van der Waals surface area contributed by atoms with E-state index in [1.165, 1.54) is 244 Å². The molecular formula is C59H114O6. The lowest BCUT2D eigenvalue weighted by Crippen LogP contribution is -2.30. The first-order valence-corrected chi connectivity index (χ1v) is 29.5. The molecule has 0 aliphatic rings. The predicted octanol–water partition coefficient (Wildman–Crippen LogP) is 19.5. The molecular weight excluding hydrogens is 805 g/mol. The van der Waals surface area contributed by atoms with Gasteiger partial charge in [0.1, 0.15) is 13.2 Å². The van der Waals surface area contributed by atoms with Gasteiger partial charge in [0.05, 0.1) is 0 Å². The Kier molecular flexibility index (Phi) is 53.7. The number of unbranched alkanes of at least 4 members (excludes halogenated alkanes) is 44. The molecule has 0 aliphatic heterocycles. The maximum Gasteiger partial charge on any atom is 0.306 e. The van der Waals surface area contributed by atoms with E-state index in [4.69, 9.17) is 14.2 Å². The molecule has 0 fully saturated rings. The zero-order valence-electron chi connectivity index (χ0n) is 44.3. The van der Waals surface area contributed by atoms with Gasteiger partial charge in [0, 0.05) is 19.3 Å². The Morgan fingerprint density at radius 3 is 0.615 bits per heavy atom. The van der Waals surface area contributed by atoms with Crippen molar-refractivity contribution in [3.8, 4) is 0 Å². The average Bonchev–Trinajstić information content (AvgIpc) is 3.30. The first-order chi connectivity index (χ1) is 32.0. The van der Waals surface area contributed by atoms with E-state index in [0.717, 1.165) is 57.8 Å². The molecule has 0 N–H and O–H groups in total. The fraction of sp³-hybridized carbons (Fsp3) is 0.949. The summed E-state index contributed by atoms with van der Waals surface area (Å²) in [5, 5.41) is 0. The molecule has 0 aliphatic carbocycles. The van der Waals surface area contributed by atoms with Crippen LogP contribution in [0, 0.1) is 0 Å². The van der Waals surface area contributed by atoms with Crippen LogP contribution in [0.4, 0.5) is 0 Å². The van der Waals surface area contributed by atoms with Crippen molar-refractivity contribution in [2.45, 2.75) is 348 Å². The largest absolute Gasteiger partial charge is 0.462 e. The van der Waals surface area contributed by atoms with Crippen molar-refractivity contribution in [2.24, 2.45) is 0 Å². The van der Waals surface area contributed by atoms with E-state index in [2.05, 4.69) is 20.8 Å². The highest BCUT2D eigenvalue weighted by Crippen LogP contribution is 2.18. The maximum atomic E-state index is 12.6. The molecule has 0 spiro atoms. The normalized spacial score (nSPS) is 11.9. The Morgan fingerprint density at radius 1 is 0.246 bits per heavy atom. The van der Waals surface area contributed by atoms with Gasteiger partial charge < -0.3 is 14.2 Å². The molecule has 0 heterocycles. The van der Waals surface area contributed by atoms with E-state index in [0.29, 0.717) is 19.3 Å². The summed E-state index contributed by atoms with van der Waals surface area (Å²) in [7, 11) is 0. The van der Waals surface area contributed by atoms with Crippen molar-refractivity contribution in [3.05, 3.63) is 0 Å². The monoisotopic (exact) mass is 919 g/mol. The Labute approximate surface area is 406 Å². The van der Waals surface area contributed by atoms with Crippen LogP contribution >= 0.6 is 0 Å². The van der Waals surface area contributed by atoms with Crippen molar-refractivity contribution >= 4 is 17.9 Å². The van der Waals surface area contributed by atoms with E-state index in [-0.39, 0.29) is 31.1 Å². The van der Waals surface area contributed by atoms with Crippen LogP contribution in [0.15, 0.2) is 0 Å². The van der Waals surface area contributed by atoms with E-state index in [1.54, 1.807) is 0 Å². The van der Waals surface area contributed by atoms with E-state index in [9.17, 15) is 14.4 Å². The number of ether oxygens (including phenoxy) is 3. The Hall–Kier alpha value is -1.59. The van der Waals surface area contributed by atoms with Crippen molar-refractivity contribution in [2.75, 3.05) is 13.2 Å². The molecule has 1 unspecified atom stereocenters. The number of hydrogen-bond donors (Lipinski definition) is 0. The molecule has 0 aromatic heterocycles. The van der Waals surface area contributed by atoms with E-state index < -0.39 is 6.10 Å². The van der Waals surface area contributed by atoms with Crippen LogP contribution in [-0.4, -0.2) is 37.2 Å². The smallest absolute Gasteiger partial charge is 0.306 e. The van der Waals surface area contributed by atoms with Gasteiger partial charge in [0.25, 0.3) is 0 Å². The molecule has 0 bridgehead atoms. The Bertz CT molecular complexity index is 967. The van der Waals surface area contributed by atoms with Crippen LogP contribution in [0.2, 0.25) is 0 Å². The lowest BCUT2D eigenvalue weighted by Gasteiger charge is -2.18. The second kappa shape index (κ2) is 55.0. The van der Waals surface area contributed by atoms with Gasteiger partial charge in [-0.25, -0.2) is 0 Å². The zero-order valence-corrected chi connectivity index (χ0v) is 44.3. The van der Waals surface area contributed by atoms with Gasteiger partial charge >= 0.3 is 17.9 Å².